The molecule has 1 amide bonds. The summed E-state index contributed by atoms with van der Waals surface area (Å²) < 4.78 is 17.3. The molecule has 0 aliphatic carbocycles. The van der Waals surface area contributed by atoms with Gasteiger partial charge in [0, 0.05) is 11.1 Å². The Morgan fingerprint density at radius 3 is 2.35 bits per heavy atom. The maximum Gasteiger partial charge on any atom is 0.294 e. The van der Waals surface area contributed by atoms with Gasteiger partial charge in [-0.25, -0.2) is 0 Å². The monoisotopic (exact) mass is 531 g/mol. The van der Waals surface area contributed by atoms with E-state index < -0.39 is 23.5 Å². The number of Topliss-reactive ketones (excluding diaryl/α,β-unsaturated/α-hetero) is 1. The van der Waals surface area contributed by atoms with Crippen LogP contribution < -0.4 is 14.4 Å². The van der Waals surface area contributed by atoms with Crippen molar-refractivity contribution in [3.8, 4) is 17.2 Å². The third kappa shape index (κ3) is 4.37. The molecule has 7 nitrogen and oxygen atoms in total. The minimum absolute atomic E-state index is 0.0127. The van der Waals surface area contributed by atoms with Gasteiger partial charge in [-0.05, 0) is 61.0 Å². The van der Waals surface area contributed by atoms with E-state index in [0.717, 1.165) is 5.56 Å². The Morgan fingerprint density at radius 1 is 0.875 bits per heavy atom. The smallest absolute Gasteiger partial charge is 0.294 e. The summed E-state index contributed by atoms with van der Waals surface area (Å²) in [6, 6.07) is 29.7. The largest absolute Gasteiger partial charge is 0.503 e. The van der Waals surface area contributed by atoms with Crippen molar-refractivity contribution in [1.82, 2.24) is 0 Å². The molecule has 1 aromatic heterocycles. The summed E-state index contributed by atoms with van der Waals surface area (Å²) in [5, 5.41) is 11.8. The Morgan fingerprint density at radius 2 is 1.60 bits per heavy atom. The van der Waals surface area contributed by atoms with Gasteiger partial charge in [0.2, 0.25) is 5.78 Å². The van der Waals surface area contributed by atoms with Crippen molar-refractivity contribution in [2.75, 3.05) is 12.0 Å². The summed E-state index contributed by atoms with van der Waals surface area (Å²) in [5.41, 5.74) is 2.46. The number of ketones is 1. The number of fused-ring (bicyclic) bond motifs is 1. The Kier molecular flexibility index (Phi) is 6.32. The maximum absolute atomic E-state index is 14.0. The fraction of sp³-hybridized carbons (Fsp3) is 0.0909. The van der Waals surface area contributed by atoms with Gasteiger partial charge in [-0.1, -0.05) is 60.2 Å². The van der Waals surface area contributed by atoms with Crippen molar-refractivity contribution in [1.29, 1.82) is 0 Å². The van der Waals surface area contributed by atoms with E-state index >= 15 is 0 Å². The van der Waals surface area contributed by atoms with Crippen LogP contribution in [0, 0.1) is 6.92 Å². The molecule has 198 valence electrons. The topological polar surface area (TPSA) is 89.2 Å². The lowest BCUT2D eigenvalue weighted by atomic mass is 9.94. The number of hydrogen-bond acceptors (Lipinski definition) is 6. The van der Waals surface area contributed by atoms with E-state index in [4.69, 9.17) is 13.9 Å². The zero-order chi connectivity index (χ0) is 27.8. The molecule has 4 aromatic carbocycles. The van der Waals surface area contributed by atoms with Gasteiger partial charge < -0.3 is 19.0 Å². The number of nitrogens with zero attached hydrogens (tertiary/aromatic N) is 1. The first kappa shape index (κ1) is 25.0. The molecule has 0 spiro atoms. The van der Waals surface area contributed by atoms with Gasteiger partial charge in [0.1, 0.15) is 11.5 Å². The molecule has 0 saturated heterocycles. The van der Waals surface area contributed by atoms with Crippen molar-refractivity contribution >= 4 is 28.3 Å². The van der Waals surface area contributed by atoms with Crippen LogP contribution in [0.2, 0.25) is 0 Å². The zero-order valence-corrected chi connectivity index (χ0v) is 21.8. The van der Waals surface area contributed by atoms with Crippen LogP contribution in [0.15, 0.2) is 119 Å². The Bertz CT molecular complexity index is 1770. The van der Waals surface area contributed by atoms with Gasteiger partial charge in [0.15, 0.2) is 22.9 Å². The van der Waals surface area contributed by atoms with E-state index in [1.165, 1.54) is 12.0 Å². The van der Waals surface area contributed by atoms with E-state index in [9.17, 15) is 14.7 Å². The van der Waals surface area contributed by atoms with Crippen LogP contribution in [-0.4, -0.2) is 23.9 Å². The van der Waals surface area contributed by atoms with Crippen molar-refractivity contribution in [3.05, 3.63) is 131 Å². The number of methoxy groups -OCH3 is 1. The molecule has 6 rings (SSSR count). The molecule has 0 bridgehead atoms. The number of amides is 1. The molecule has 2 heterocycles. The van der Waals surface area contributed by atoms with Crippen molar-refractivity contribution in [2.45, 2.75) is 13.0 Å². The van der Waals surface area contributed by atoms with Crippen LogP contribution in [0.3, 0.4) is 0 Å². The van der Waals surface area contributed by atoms with Gasteiger partial charge in [-0.2, -0.15) is 0 Å². The van der Waals surface area contributed by atoms with Crippen molar-refractivity contribution in [2.24, 2.45) is 0 Å². The summed E-state index contributed by atoms with van der Waals surface area (Å²) in [6.07, 6.45) is 0. The number of anilines is 1. The number of furan rings is 1. The number of rotatable bonds is 7. The molecule has 1 N–H and O–H groups in total. The van der Waals surface area contributed by atoms with Crippen molar-refractivity contribution < 1.29 is 28.6 Å². The maximum atomic E-state index is 14.0. The molecule has 40 heavy (non-hydrogen) atoms. The second-order valence-corrected chi connectivity index (χ2v) is 9.48. The molecule has 1 aliphatic rings. The quantitative estimate of drug-likeness (QED) is 0.221. The number of aryl methyl sites for hydroxylation is 1. The number of ether oxygens (including phenoxy) is 2. The fourth-order valence-corrected chi connectivity index (χ4v) is 4.94. The number of carbonyl (C=O) groups is 2. The average Bonchev–Trinajstić information content (AvgIpc) is 3.53. The lowest BCUT2D eigenvalue weighted by Crippen LogP contribution is -2.31. The molecule has 7 heteroatoms. The summed E-state index contributed by atoms with van der Waals surface area (Å²) in [7, 11) is 1.52. The second kappa shape index (κ2) is 10.1. The SMILES string of the molecule is COc1cccc2cc(C(=O)C3=C(O)C(=O)N(c4ccc(C)cc4)C3c3cccc(Oc4ccccc4)c3)oc12. The number of para-hydroxylation sites is 2. The van der Waals surface area contributed by atoms with Crippen LogP contribution in [0.5, 0.6) is 17.2 Å². The first-order valence-corrected chi connectivity index (χ1v) is 12.7. The van der Waals surface area contributed by atoms with Gasteiger partial charge in [0.05, 0.1) is 18.7 Å². The van der Waals surface area contributed by atoms with E-state index in [0.29, 0.717) is 39.5 Å². The predicted molar refractivity (Wildman–Crippen MR) is 151 cm³/mol. The Balaban J connectivity index is 1.47. The zero-order valence-electron chi connectivity index (χ0n) is 21.8. The van der Waals surface area contributed by atoms with E-state index in [-0.39, 0.29) is 11.3 Å². The van der Waals surface area contributed by atoms with Crippen LogP contribution in [0.25, 0.3) is 11.0 Å². The number of hydrogen-bond donors (Lipinski definition) is 1. The third-order valence-corrected chi connectivity index (χ3v) is 6.87. The molecule has 0 radical (unpaired) electrons. The summed E-state index contributed by atoms with van der Waals surface area (Å²) in [6.45, 7) is 1.94. The van der Waals surface area contributed by atoms with Crippen LogP contribution in [0.1, 0.15) is 27.7 Å². The van der Waals surface area contributed by atoms with E-state index in [1.807, 2.05) is 49.4 Å². The molecule has 1 aliphatic heterocycles. The van der Waals surface area contributed by atoms with Gasteiger partial charge in [0.25, 0.3) is 5.91 Å². The number of aliphatic hydroxyl groups excluding tert-OH is 1. The Labute approximate surface area is 230 Å². The predicted octanol–water partition coefficient (Wildman–Crippen LogP) is 7.33. The summed E-state index contributed by atoms with van der Waals surface area (Å²) >= 11 is 0. The van der Waals surface area contributed by atoms with Gasteiger partial charge in [-0.15, -0.1) is 0 Å². The minimum Gasteiger partial charge on any atom is -0.503 e. The van der Waals surface area contributed by atoms with E-state index in [1.54, 1.807) is 60.7 Å². The highest BCUT2D eigenvalue weighted by Crippen LogP contribution is 2.43. The highest BCUT2D eigenvalue weighted by molar-refractivity contribution is 6.20. The lowest BCUT2D eigenvalue weighted by molar-refractivity contribution is -0.117. The number of carbonyl (C=O) groups excluding carboxylic acids is 2. The van der Waals surface area contributed by atoms with Gasteiger partial charge >= 0.3 is 0 Å². The highest BCUT2D eigenvalue weighted by Gasteiger charge is 2.45. The number of benzene rings is 4. The summed E-state index contributed by atoms with van der Waals surface area (Å²) in [4.78, 5) is 29.0. The molecule has 5 aromatic rings. The molecule has 1 atom stereocenters. The first-order chi connectivity index (χ1) is 19.4. The fourth-order valence-electron chi connectivity index (χ4n) is 4.94. The van der Waals surface area contributed by atoms with E-state index in [2.05, 4.69) is 0 Å². The van der Waals surface area contributed by atoms with Gasteiger partial charge in [-0.3, -0.25) is 14.5 Å². The molecule has 0 saturated carbocycles. The molecular formula is C33H25NO6. The Hall–Kier alpha value is -5.30. The summed E-state index contributed by atoms with van der Waals surface area (Å²) in [5.74, 6) is -0.284. The average molecular weight is 532 g/mol. The normalized spacial score (nSPS) is 15.1. The standard InChI is InChI=1S/C33H25NO6/c1-20-14-16-23(17-15-20)34-29(21-8-6-12-25(18-21)39-24-10-4-3-5-11-24)28(31(36)33(34)37)30(35)27-19-22-9-7-13-26(38-2)32(22)40-27/h3-19,29,36H,1-2H3. The number of aliphatic hydroxyl groups is 1. The molecule has 0 fully saturated rings. The van der Waals surface area contributed by atoms with Crippen LogP contribution >= 0.6 is 0 Å². The minimum atomic E-state index is -0.933. The first-order valence-electron chi connectivity index (χ1n) is 12.7. The lowest BCUT2D eigenvalue weighted by Gasteiger charge is -2.27. The molecular weight excluding hydrogens is 506 g/mol. The third-order valence-electron chi connectivity index (χ3n) is 6.87. The highest BCUT2D eigenvalue weighted by atomic mass is 16.5. The van der Waals surface area contributed by atoms with Crippen LogP contribution in [0.4, 0.5) is 5.69 Å². The van der Waals surface area contributed by atoms with Crippen molar-refractivity contribution in [3.63, 3.8) is 0 Å². The van der Waals surface area contributed by atoms with Crippen LogP contribution in [-0.2, 0) is 4.79 Å². The molecule has 1 unspecified atom stereocenters. The second-order valence-electron chi connectivity index (χ2n) is 9.48.